The van der Waals surface area contributed by atoms with Crippen LogP contribution in [0.15, 0.2) is 0 Å². The molecule has 0 radical (unpaired) electrons. The van der Waals surface area contributed by atoms with Gasteiger partial charge < -0.3 is 10.6 Å². The van der Waals surface area contributed by atoms with Crippen LogP contribution in [0.2, 0.25) is 0 Å². The smallest absolute Gasteiger partial charge is 0.00795 e. The lowest BCUT2D eigenvalue weighted by atomic mass is 9.77. The number of nitrogens with zero attached hydrogens (tertiary/aromatic N) is 1. The molecule has 0 bridgehead atoms. The lowest BCUT2D eigenvalue weighted by molar-refractivity contribution is 0.163. The van der Waals surface area contributed by atoms with Crippen LogP contribution in [-0.2, 0) is 0 Å². The topological polar surface area (TPSA) is 29.3 Å². The summed E-state index contributed by atoms with van der Waals surface area (Å²) in [6.45, 7) is 10.9. The zero-order valence-electron chi connectivity index (χ0n) is 11.9. The second-order valence-electron chi connectivity index (χ2n) is 7.16. The zero-order valence-corrected chi connectivity index (χ0v) is 11.9. The predicted octanol–water partition coefficient (Wildman–Crippen LogP) is 2.87. The Morgan fingerprint density at radius 2 is 2.06 bits per heavy atom. The quantitative estimate of drug-likeness (QED) is 0.819. The molecule has 2 nitrogen and oxygen atoms in total. The molecule has 1 saturated carbocycles. The minimum atomic E-state index is 0.460. The van der Waals surface area contributed by atoms with E-state index in [2.05, 4.69) is 25.7 Å². The van der Waals surface area contributed by atoms with Crippen molar-refractivity contribution in [1.29, 1.82) is 0 Å². The van der Waals surface area contributed by atoms with Gasteiger partial charge in [-0.05, 0) is 49.5 Å². The molecular formula is C15H30N2. The van der Waals surface area contributed by atoms with Gasteiger partial charge in [-0.3, -0.25) is 0 Å². The standard InChI is InChI=1S/C15H30N2/c1-4-12-5-6-14(16)13(9-12)10-17-8-7-15(2,3)11-17/h12-14H,4-11,16H2,1-3H3. The third kappa shape index (κ3) is 3.45. The van der Waals surface area contributed by atoms with Crippen molar-refractivity contribution in [3.05, 3.63) is 0 Å². The lowest BCUT2D eigenvalue weighted by Crippen LogP contribution is -2.42. The average Bonchev–Trinajstić information content (AvgIpc) is 2.61. The molecule has 17 heavy (non-hydrogen) atoms. The van der Waals surface area contributed by atoms with Crippen molar-refractivity contribution in [2.24, 2.45) is 23.0 Å². The van der Waals surface area contributed by atoms with Gasteiger partial charge in [-0.15, -0.1) is 0 Å². The molecule has 1 saturated heterocycles. The molecule has 3 unspecified atom stereocenters. The minimum Gasteiger partial charge on any atom is -0.327 e. The molecule has 0 aromatic rings. The zero-order chi connectivity index (χ0) is 12.5. The molecular weight excluding hydrogens is 208 g/mol. The van der Waals surface area contributed by atoms with E-state index >= 15 is 0 Å². The van der Waals surface area contributed by atoms with E-state index in [1.165, 1.54) is 51.7 Å². The van der Waals surface area contributed by atoms with Crippen LogP contribution in [0.5, 0.6) is 0 Å². The van der Waals surface area contributed by atoms with Crippen molar-refractivity contribution in [2.45, 2.75) is 58.9 Å². The Bertz CT molecular complexity index is 249. The molecule has 2 heteroatoms. The highest BCUT2D eigenvalue weighted by Gasteiger charge is 2.33. The first-order valence-corrected chi connectivity index (χ1v) is 7.48. The summed E-state index contributed by atoms with van der Waals surface area (Å²) < 4.78 is 0. The summed E-state index contributed by atoms with van der Waals surface area (Å²) >= 11 is 0. The Hall–Kier alpha value is -0.0800. The Labute approximate surface area is 107 Å². The average molecular weight is 238 g/mol. The second-order valence-corrected chi connectivity index (χ2v) is 7.16. The van der Waals surface area contributed by atoms with Crippen LogP contribution in [0.4, 0.5) is 0 Å². The summed E-state index contributed by atoms with van der Waals surface area (Å²) in [4.78, 5) is 2.66. The molecule has 1 aliphatic heterocycles. The van der Waals surface area contributed by atoms with E-state index in [9.17, 15) is 0 Å². The number of hydrogen-bond donors (Lipinski definition) is 1. The maximum Gasteiger partial charge on any atom is 0.00795 e. The molecule has 2 fully saturated rings. The third-order valence-corrected chi connectivity index (χ3v) is 4.98. The highest BCUT2D eigenvalue weighted by atomic mass is 15.2. The Morgan fingerprint density at radius 3 is 2.65 bits per heavy atom. The molecule has 0 aromatic carbocycles. The fourth-order valence-corrected chi connectivity index (χ4v) is 3.68. The Kier molecular flexibility index (Phi) is 4.14. The molecule has 100 valence electrons. The fourth-order valence-electron chi connectivity index (χ4n) is 3.68. The van der Waals surface area contributed by atoms with Crippen LogP contribution in [0.3, 0.4) is 0 Å². The van der Waals surface area contributed by atoms with E-state index in [1.54, 1.807) is 0 Å². The SMILES string of the molecule is CCC1CCC(N)C(CN2CCC(C)(C)C2)C1. The summed E-state index contributed by atoms with van der Waals surface area (Å²) in [5, 5.41) is 0. The largest absolute Gasteiger partial charge is 0.327 e. The van der Waals surface area contributed by atoms with E-state index < -0.39 is 0 Å². The highest BCUT2D eigenvalue weighted by molar-refractivity contribution is 4.88. The summed E-state index contributed by atoms with van der Waals surface area (Å²) in [5.74, 6) is 1.69. The summed E-state index contributed by atoms with van der Waals surface area (Å²) in [6.07, 6.45) is 6.68. The molecule has 1 aliphatic carbocycles. The fraction of sp³-hybridized carbons (Fsp3) is 1.00. The van der Waals surface area contributed by atoms with Crippen LogP contribution >= 0.6 is 0 Å². The predicted molar refractivity (Wildman–Crippen MR) is 73.9 cm³/mol. The molecule has 3 atom stereocenters. The van der Waals surface area contributed by atoms with Gasteiger partial charge in [0.2, 0.25) is 0 Å². The van der Waals surface area contributed by atoms with Crippen LogP contribution in [0, 0.1) is 17.3 Å². The molecule has 0 amide bonds. The van der Waals surface area contributed by atoms with Crippen molar-refractivity contribution in [3.8, 4) is 0 Å². The van der Waals surface area contributed by atoms with Crippen LogP contribution in [-0.4, -0.2) is 30.6 Å². The number of rotatable bonds is 3. The van der Waals surface area contributed by atoms with Gasteiger partial charge in [0.25, 0.3) is 0 Å². The first-order valence-electron chi connectivity index (χ1n) is 7.48. The molecule has 2 rings (SSSR count). The van der Waals surface area contributed by atoms with Gasteiger partial charge in [0, 0.05) is 19.1 Å². The lowest BCUT2D eigenvalue weighted by Gasteiger charge is -2.36. The van der Waals surface area contributed by atoms with Crippen molar-refractivity contribution in [2.75, 3.05) is 19.6 Å². The second kappa shape index (κ2) is 5.27. The van der Waals surface area contributed by atoms with Crippen LogP contribution in [0.1, 0.15) is 52.9 Å². The van der Waals surface area contributed by atoms with Gasteiger partial charge in [-0.25, -0.2) is 0 Å². The maximum atomic E-state index is 6.31. The normalized spacial score (nSPS) is 38.5. The van der Waals surface area contributed by atoms with Crippen molar-refractivity contribution >= 4 is 0 Å². The van der Waals surface area contributed by atoms with E-state index in [4.69, 9.17) is 5.73 Å². The first kappa shape index (κ1) is 13.4. The van der Waals surface area contributed by atoms with Crippen LogP contribution in [0.25, 0.3) is 0 Å². The van der Waals surface area contributed by atoms with Gasteiger partial charge in [-0.1, -0.05) is 27.2 Å². The van der Waals surface area contributed by atoms with Crippen molar-refractivity contribution in [3.63, 3.8) is 0 Å². The van der Waals surface area contributed by atoms with E-state index in [-0.39, 0.29) is 0 Å². The van der Waals surface area contributed by atoms with E-state index in [0.717, 1.165) is 11.8 Å². The van der Waals surface area contributed by atoms with Crippen molar-refractivity contribution in [1.82, 2.24) is 4.90 Å². The molecule has 1 heterocycles. The van der Waals surface area contributed by atoms with Gasteiger partial charge in [0.05, 0.1) is 0 Å². The van der Waals surface area contributed by atoms with Gasteiger partial charge in [0.15, 0.2) is 0 Å². The number of hydrogen-bond acceptors (Lipinski definition) is 2. The first-order chi connectivity index (χ1) is 8.00. The monoisotopic (exact) mass is 238 g/mol. The van der Waals surface area contributed by atoms with Gasteiger partial charge in [-0.2, -0.15) is 0 Å². The van der Waals surface area contributed by atoms with E-state index in [0.29, 0.717) is 11.5 Å². The molecule has 0 aromatic heterocycles. The minimum absolute atomic E-state index is 0.460. The molecule has 2 N–H and O–H groups in total. The van der Waals surface area contributed by atoms with Gasteiger partial charge >= 0.3 is 0 Å². The number of likely N-dealkylation sites (tertiary alicyclic amines) is 1. The number of nitrogens with two attached hydrogens (primary N) is 1. The summed E-state index contributed by atoms with van der Waals surface area (Å²) in [6, 6.07) is 0.460. The molecule has 0 spiro atoms. The van der Waals surface area contributed by atoms with Crippen molar-refractivity contribution < 1.29 is 0 Å². The summed E-state index contributed by atoms with van der Waals surface area (Å²) in [7, 11) is 0. The Balaban J connectivity index is 1.85. The molecule has 2 aliphatic rings. The maximum absolute atomic E-state index is 6.31. The van der Waals surface area contributed by atoms with Gasteiger partial charge in [0.1, 0.15) is 0 Å². The van der Waals surface area contributed by atoms with E-state index in [1.807, 2.05) is 0 Å². The summed E-state index contributed by atoms with van der Waals surface area (Å²) in [5.41, 5.74) is 6.85. The van der Waals surface area contributed by atoms with Crippen LogP contribution < -0.4 is 5.73 Å². The highest BCUT2D eigenvalue weighted by Crippen LogP contribution is 2.34. The Morgan fingerprint density at radius 1 is 1.29 bits per heavy atom. The third-order valence-electron chi connectivity index (χ3n) is 4.98.